The highest BCUT2D eigenvalue weighted by Gasteiger charge is 2.38. The Balaban J connectivity index is 1.87. The monoisotopic (exact) mass is 366 g/mol. The summed E-state index contributed by atoms with van der Waals surface area (Å²) >= 11 is 1.14. The molecule has 3 aromatic heterocycles. The Hall–Kier alpha value is -3.01. The van der Waals surface area contributed by atoms with Gasteiger partial charge in [0, 0.05) is 18.1 Å². The lowest BCUT2D eigenvalue weighted by Crippen LogP contribution is -2.35. The molecule has 0 aliphatic heterocycles. The highest BCUT2D eigenvalue weighted by Crippen LogP contribution is 2.33. The summed E-state index contributed by atoms with van der Waals surface area (Å²) in [4.78, 5) is 31.2. The number of pyridine rings is 2. The second-order valence-electron chi connectivity index (χ2n) is 4.83. The molecule has 3 heterocycles. The molecule has 0 aliphatic rings. The maximum atomic E-state index is 13.2. The number of fused-ring (bicyclic) bond motifs is 1. The van der Waals surface area contributed by atoms with E-state index in [9.17, 15) is 22.8 Å². The molecule has 3 aromatic rings. The lowest BCUT2D eigenvalue weighted by Gasteiger charge is -2.12. The minimum absolute atomic E-state index is 0.134. The van der Waals surface area contributed by atoms with Crippen molar-refractivity contribution in [3.63, 3.8) is 0 Å². The average Bonchev–Trinajstić information content (AvgIpc) is 3.01. The lowest BCUT2D eigenvalue weighted by atomic mass is 10.1. The van der Waals surface area contributed by atoms with Crippen LogP contribution in [0.2, 0.25) is 0 Å². The van der Waals surface area contributed by atoms with E-state index in [1.54, 1.807) is 5.38 Å². The summed E-state index contributed by atoms with van der Waals surface area (Å²) in [5.74, 6) is -1.19. The fraction of sp³-hybridized carbons (Fsp3) is 0.0667. The molecule has 0 fully saturated rings. The van der Waals surface area contributed by atoms with Gasteiger partial charge in [-0.15, -0.1) is 11.3 Å². The van der Waals surface area contributed by atoms with Gasteiger partial charge in [0.2, 0.25) is 0 Å². The van der Waals surface area contributed by atoms with Crippen molar-refractivity contribution >= 4 is 39.2 Å². The molecule has 3 rings (SSSR count). The predicted molar refractivity (Wildman–Crippen MR) is 85.3 cm³/mol. The van der Waals surface area contributed by atoms with Crippen molar-refractivity contribution in [2.75, 3.05) is 5.32 Å². The molecule has 3 amide bonds. The number of alkyl halides is 3. The minimum atomic E-state index is -4.83. The average molecular weight is 366 g/mol. The SMILES string of the molecule is O=C(NC(=O)c1cc2sccc2nc1C(F)(F)F)Nc1ccncc1. The first-order valence-corrected chi connectivity index (χ1v) is 7.70. The number of carbonyl (C=O) groups excluding carboxylic acids is 2. The van der Waals surface area contributed by atoms with Crippen LogP contribution in [-0.4, -0.2) is 21.9 Å². The topological polar surface area (TPSA) is 84.0 Å². The number of nitrogens with zero attached hydrogens (tertiary/aromatic N) is 2. The first-order chi connectivity index (χ1) is 11.8. The Morgan fingerprint density at radius 2 is 1.84 bits per heavy atom. The van der Waals surface area contributed by atoms with Crippen LogP contribution in [0.4, 0.5) is 23.7 Å². The highest BCUT2D eigenvalue weighted by atomic mass is 32.1. The zero-order valence-corrected chi connectivity index (χ0v) is 13.1. The third-order valence-electron chi connectivity index (χ3n) is 3.11. The Morgan fingerprint density at radius 1 is 1.12 bits per heavy atom. The quantitative estimate of drug-likeness (QED) is 0.725. The molecule has 0 radical (unpaired) electrons. The number of aromatic nitrogens is 2. The van der Waals surface area contributed by atoms with E-state index in [-0.39, 0.29) is 5.52 Å². The molecule has 0 bridgehead atoms. The van der Waals surface area contributed by atoms with Gasteiger partial charge in [0.1, 0.15) is 0 Å². The molecule has 25 heavy (non-hydrogen) atoms. The van der Waals surface area contributed by atoms with Crippen molar-refractivity contribution in [3.05, 3.63) is 53.3 Å². The third kappa shape index (κ3) is 3.74. The summed E-state index contributed by atoms with van der Waals surface area (Å²) in [5, 5.41) is 5.76. The lowest BCUT2D eigenvalue weighted by molar-refractivity contribution is -0.141. The Kier molecular flexibility index (Phi) is 4.36. The second-order valence-corrected chi connectivity index (χ2v) is 5.78. The van der Waals surface area contributed by atoms with E-state index in [1.165, 1.54) is 30.6 Å². The largest absolute Gasteiger partial charge is 0.434 e. The number of carbonyl (C=O) groups is 2. The number of anilines is 1. The van der Waals surface area contributed by atoms with Crippen molar-refractivity contribution < 1.29 is 22.8 Å². The van der Waals surface area contributed by atoms with Gasteiger partial charge in [-0.1, -0.05) is 0 Å². The van der Waals surface area contributed by atoms with Crippen molar-refractivity contribution in [1.29, 1.82) is 0 Å². The first-order valence-electron chi connectivity index (χ1n) is 6.82. The minimum Gasteiger partial charge on any atom is -0.308 e. The molecule has 0 aromatic carbocycles. The van der Waals surface area contributed by atoms with Gasteiger partial charge in [0.05, 0.1) is 15.8 Å². The fourth-order valence-electron chi connectivity index (χ4n) is 2.05. The van der Waals surface area contributed by atoms with E-state index in [2.05, 4.69) is 15.3 Å². The summed E-state index contributed by atoms with van der Waals surface area (Å²) in [6.45, 7) is 0. The van der Waals surface area contributed by atoms with Gasteiger partial charge in [-0.3, -0.25) is 15.1 Å². The molecule has 0 saturated heterocycles. The standard InChI is InChI=1S/C15H9F3N4O2S/c16-15(17,18)12-9(7-11-10(21-12)3-6-25-11)13(23)22-14(24)20-8-1-4-19-5-2-8/h1-7H,(H2,19,20,22,23,24). The van der Waals surface area contributed by atoms with Crippen molar-refractivity contribution in [1.82, 2.24) is 15.3 Å². The summed E-state index contributed by atoms with van der Waals surface area (Å²) < 4.78 is 40.0. The van der Waals surface area contributed by atoms with E-state index < -0.39 is 29.4 Å². The van der Waals surface area contributed by atoms with Gasteiger partial charge < -0.3 is 5.32 Å². The van der Waals surface area contributed by atoms with Gasteiger partial charge >= 0.3 is 12.2 Å². The normalized spacial score (nSPS) is 11.3. The Bertz CT molecular complexity index is 941. The third-order valence-corrected chi connectivity index (χ3v) is 3.97. The van der Waals surface area contributed by atoms with Crippen LogP contribution in [0.25, 0.3) is 10.2 Å². The summed E-state index contributed by atoms with van der Waals surface area (Å²) in [7, 11) is 0. The molecule has 0 spiro atoms. The fourth-order valence-corrected chi connectivity index (χ4v) is 2.82. The van der Waals surface area contributed by atoms with Crippen LogP contribution in [0.3, 0.4) is 0 Å². The van der Waals surface area contributed by atoms with Crippen LogP contribution in [0.5, 0.6) is 0 Å². The number of amides is 3. The van der Waals surface area contributed by atoms with Crippen LogP contribution in [0.15, 0.2) is 42.0 Å². The summed E-state index contributed by atoms with van der Waals surface area (Å²) in [6, 6.07) is 4.46. The number of halogens is 3. The summed E-state index contributed by atoms with van der Waals surface area (Å²) in [5.41, 5.74) is -1.58. The van der Waals surface area contributed by atoms with Crippen LogP contribution < -0.4 is 10.6 Å². The molecule has 2 N–H and O–H groups in total. The first kappa shape index (κ1) is 16.8. The van der Waals surface area contributed by atoms with Crippen molar-refractivity contribution in [2.45, 2.75) is 6.18 Å². The number of nitrogens with one attached hydrogen (secondary N) is 2. The van der Waals surface area contributed by atoms with Gasteiger partial charge in [-0.05, 0) is 29.6 Å². The maximum Gasteiger partial charge on any atom is 0.434 e. The van der Waals surface area contributed by atoms with Crippen molar-refractivity contribution in [3.8, 4) is 0 Å². The maximum absolute atomic E-state index is 13.2. The molecule has 0 unspecified atom stereocenters. The molecule has 10 heteroatoms. The van der Waals surface area contributed by atoms with Gasteiger partial charge in [-0.2, -0.15) is 13.2 Å². The van der Waals surface area contributed by atoms with Gasteiger partial charge in [0.15, 0.2) is 5.69 Å². The van der Waals surface area contributed by atoms with Crippen molar-refractivity contribution in [2.24, 2.45) is 0 Å². The number of hydrogen-bond acceptors (Lipinski definition) is 5. The number of urea groups is 1. The molecule has 0 saturated carbocycles. The highest BCUT2D eigenvalue weighted by molar-refractivity contribution is 7.17. The zero-order chi connectivity index (χ0) is 18.0. The molecular formula is C15H9F3N4O2S. The van der Waals surface area contributed by atoms with E-state index in [4.69, 9.17) is 0 Å². The van der Waals surface area contributed by atoms with Crippen LogP contribution in [0, 0.1) is 0 Å². The molecule has 128 valence electrons. The number of thiophene rings is 1. The molecular weight excluding hydrogens is 357 g/mol. The molecule has 6 nitrogen and oxygen atoms in total. The van der Waals surface area contributed by atoms with Crippen LogP contribution in [0.1, 0.15) is 16.1 Å². The smallest absolute Gasteiger partial charge is 0.308 e. The van der Waals surface area contributed by atoms with Crippen LogP contribution in [-0.2, 0) is 6.18 Å². The molecule has 0 aliphatic carbocycles. The molecule has 0 atom stereocenters. The van der Waals surface area contributed by atoms with Gasteiger partial charge in [0.25, 0.3) is 5.91 Å². The Morgan fingerprint density at radius 3 is 2.52 bits per heavy atom. The van der Waals surface area contributed by atoms with E-state index >= 15 is 0 Å². The number of rotatable bonds is 2. The Labute approximate surface area is 142 Å². The van der Waals surface area contributed by atoms with E-state index in [0.717, 1.165) is 17.4 Å². The summed E-state index contributed by atoms with van der Waals surface area (Å²) in [6.07, 6.45) is -2.01. The van der Waals surface area contributed by atoms with Crippen LogP contribution >= 0.6 is 11.3 Å². The zero-order valence-electron chi connectivity index (χ0n) is 12.3. The number of imide groups is 1. The van der Waals surface area contributed by atoms with E-state index in [1.807, 2.05) is 5.32 Å². The number of hydrogen-bond donors (Lipinski definition) is 2. The second kappa shape index (κ2) is 6.48. The van der Waals surface area contributed by atoms with Gasteiger partial charge in [-0.25, -0.2) is 9.78 Å². The predicted octanol–water partition coefficient (Wildman–Crippen LogP) is 3.67. The van der Waals surface area contributed by atoms with E-state index in [0.29, 0.717) is 10.4 Å².